The van der Waals surface area contributed by atoms with Gasteiger partial charge in [0.15, 0.2) is 0 Å². The van der Waals surface area contributed by atoms with Crippen molar-refractivity contribution in [2.24, 2.45) is 0 Å². The third kappa shape index (κ3) is 1.95. The Morgan fingerprint density at radius 1 is 1.29 bits per heavy atom. The summed E-state index contributed by atoms with van der Waals surface area (Å²) in [5, 5.41) is 10.6. The van der Waals surface area contributed by atoms with Crippen molar-refractivity contribution in [1.82, 2.24) is 9.97 Å². The van der Waals surface area contributed by atoms with Crippen molar-refractivity contribution in [3.63, 3.8) is 0 Å². The van der Waals surface area contributed by atoms with Crippen LogP contribution in [0.2, 0.25) is 15.1 Å². The second-order valence-electron chi connectivity index (χ2n) is 3.03. The van der Waals surface area contributed by atoms with Gasteiger partial charge in [0.1, 0.15) is 5.02 Å². The monoisotopic (exact) mass is 293 g/mol. The van der Waals surface area contributed by atoms with Crippen LogP contribution in [0, 0.1) is 10.1 Å². The molecule has 0 saturated heterocycles. The highest BCUT2D eigenvalue weighted by Crippen LogP contribution is 2.35. The van der Waals surface area contributed by atoms with E-state index in [1.165, 1.54) is 6.07 Å². The quantitative estimate of drug-likeness (QED) is 0.497. The SMILES string of the molecule is O=c1[nH]c2cc(Cl)c(Cl)c(Cl)c2nc1[N+](=O)[O-]. The number of nitrogens with zero attached hydrogens (tertiary/aromatic N) is 2. The molecular formula is C8H2Cl3N3O3. The molecule has 0 spiro atoms. The average Bonchev–Trinajstić information content (AvgIpc) is 2.25. The predicted molar refractivity (Wildman–Crippen MR) is 64.0 cm³/mol. The Kier molecular flexibility index (Phi) is 2.94. The zero-order valence-corrected chi connectivity index (χ0v) is 10.1. The van der Waals surface area contributed by atoms with E-state index in [1.807, 2.05) is 0 Å². The first-order valence-electron chi connectivity index (χ1n) is 4.13. The van der Waals surface area contributed by atoms with Crippen LogP contribution in [0.4, 0.5) is 5.82 Å². The molecule has 1 aromatic heterocycles. The van der Waals surface area contributed by atoms with Crippen molar-refractivity contribution >= 4 is 51.7 Å². The van der Waals surface area contributed by atoms with Crippen LogP contribution in [0.15, 0.2) is 10.9 Å². The summed E-state index contributed by atoms with van der Waals surface area (Å²) in [6.07, 6.45) is 0. The minimum absolute atomic E-state index is 0.0207. The Morgan fingerprint density at radius 2 is 1.94 bits per heavy atom. The summed E-state index contributed by atoms with van der Waals surface area (Å²) >= 11 is 17.3. The van der Waals surface area contributed by atoms with E-state index >= 15 is 0 Å². The first kappa shape index (κ1) is 12.1. The number of rotatable bonds is 1. The van der Waals surface area contributed by atoms with E-state index in [-0.39, 0.29) is 26.1 Å². The van der Waals surface area contributed by atoms with E-state index in [1.54, 1.807) is 0 Å². The lowest BCUT2D eigenvalue weighted by molar-refractivity contribution is -0.390. The Balaban J connectivity index is 2.95. The van der Waals surface area contributed by atoms with Crippen LogP contribution in [-0.4, -0.2) is 14.9 Å². The molecule has 0 aliphatic rings. The molecule has 2 rings (SSSR count). The molecular weight excluding hydrogens is 292 g/mol. The molecule has 1 heterocycles. The van der Waals surface area contributed by atoms with E-state index in [2.05, 4.69) is 9.97 Å². The molecule has 2 aromatic rings. The summed E-state index contributed by atoms with van der Waals surface area (Å²) in [5.41, 5.74) is -0.732. The number of hydrogen-bond acceptors (Lipinski definition) is 4. The van der Waals surface area contributed by atoms with Gasteiger partial charge < -0.3 is 15.1 Å². The molecule has 0 bridgehead atoms. The zero-order valence-electron chi connectivity index (χ0n) is 7.83. The first-order valence-corrected chi connectivity index (χ1v) is 5.27. The molecule has 6 nitrogen and oxygen atoms in total. The summed E-state index contributed by atoms with van der Waals surface area (Å²) in [7, 11) is 0. The third-order valence-corrected chi connectivity index (χ3v) is 3.23. The smallest absolute Gasteiger partial charge is 0.358 e. The van der Waals surface area contributed by atoms with E-state index in [0.717, 1.165) is 0 Å². The maximum Gasteiger partial charge on any atom is 0.430 e. The van der Waals surface area contributed by atoms with Gasteiger partial charge in [-0.25, -0.2) is 0 Å². The van der Waals surface area contributed by atoms with Gasteiger partial charge in [0, 0.05) is 0 Å². The fourth-order valence-corrected chi connectivity index (χ4v) is 1.89. The largest absolute Gasteiger partial charge is 0.430 e. The maximum atomic E-state index is 11.3. The minimum Gasteiger partial charge on any atom is -0.358 e. The highest BCUT2D eigenvalue weighted by Gasteiger charge is 2.21. The molecule has 17 heavy (non-hydrogen) atoms. The number of nitrogens with one attached hydrogen (secondary N) is 1. The molecule has 0 radical (unpaired) electrons. The standard InChI is InChI=1S/C8H2Cl3N3O3/c9-2-1-3-6(5(11)4(2)10)13-7(14(16)17)8(15)12-3/h1H,(H,12,15). The van der Waals surface area contributed by atoms with Crippen LogP contribution >= 0.6 is 34.8 Å². The van der Waals surface area contributed by atoms with Gasteiger partial charge in [-0.15, -0.1) is 0 Å². The summed E-state index contributed by atoms with van der Waals surface area (Å²) in [5.74, 6) is -0.849. The molecule has 0 unspecified atom stereocenters. The number of aromatic nitrogens is 2. The van der Waals surface area contributed by atoms with Crippen molar-refractivity contribution in [1.29, 1.82) is 0 Å². The average molecular weight is 294 g/mol. The third-order valence-electron chi connectivity index (χ3n) is 1.98. The van der Waals surface area contributed by atoms with Crippen LogP contribution in [0.3, 0.4) is 0 Å². The van der Waals surface area contributed by atoms with Gasteiger partial charge >= 0.3 is 11.4 Å². The number of fused-ring (bicyclic) bond motifs is 1. The molecule has 0 amide bonds. The summed E-state index contributed by atoms with van der Waals surface area (Å²) in [4.78, 5) is 26.8. The molecule has 1 aromatic carbocycles. The zero-order chi connectivity index (χ0) is 12.7. The van der Waals surface area contributed by atoms with Gasteiger partial charge in [0.25, 0.3) is 0 Å². The molecule has 9 heteroatoms. The molecule has 0 saturated carbocycles. The number of hydrogen-bond donors (Lipinski definition) is 1. The van der Waals surface area contributed by atoms with E-state index in [9.17, 15) is 14.9 Å². The topological polar surface area (TPSA) is 88.9 Å². The second-order valence-corrected chi connectivity index (χ2v) is 4.19. The molecule has 1 N–H and O–H groups in total. The van der Waals surface area contributed by atoms with Crippen LogP contribution in [-0.2, 0) is 0 Å². The Bertz CT molecular complexity index is 698. The van der Waals surface area contributed by atoms with Gasteiger partial charge in [0.05, 0.1) is 15.6 Å². The van der Waals surface area contributed by atoms with Crippen molar-refractivity contribution in [3.8, 4) is 0 Å². The molecule has 0 fully saturated rings. The van der Waals surface area contributed by atoms with E-state index in [4.69, 9.17) is 34.8 Å². The number of benzene rings is 1. The first-order chi connectivity index (χ1) is 7.91. The Hall–Kier alpha value is -1.37. The number of halogens is 3. The van der Waals surface area contributed by atoms with Crippen molar-refractivity contribution in [3.05, 3.63) is 41.6 Å². The normalized spacial score (nSPS) is 10.8. The fourth-order valence-electron chi connectivity index (χ4n) is 1.25. The number of aromatic amines is 1. The van der Waals surface area contributed by atoms with Gasteiger partial charge in [-0.2, -0.15) is 0 Å². The lowest BCUT2D eigenvalue weighted by atomic mass is 10.3. The van der Waals surface area contributed by atoms with E-state index < -0.39 is 16.3 Å². The second kappa shape index (κ2) is 4.14. The van der Waals surface area contributed by atoms with Crippen LogP contribution in [0.5, 0.6) is 0 Å². The summed E-state index contributed by atoms with van der Waals surface area (Å²) < 4.78 is 0. The fraction of sp³-hybridized carbons (Fsp3) is 0. The maximum absolute atomic E-state index is 11.3. The Morgan fingerprint density at radius 3 is 2.53 bits per heavy atom. The van der Waals surface area contributed by atoms with Gasteiger partial charge in [-0.1, -0.05) is 34.8 Å². The van der Waals surface area contributed by atoms with Crippen molar-refractivity contribution < 1.29 is 4.92 Å². The minimum atomic E-state index is -0.933. The predicted octanol–water partition coefficient (Wildman–Crippen LogP) is 2.79. The van der Waals surface area contributed by atoms with Gasteiger partial charge in [-0.05, 0) is 16.0 Å². The van der Waals surface area contributed by atoms with E-state index in [0.29, 0.717) is 0 Å². The molecule has 0 aliphatic heterocycles. The van der Waals surface area contributed by atoms with Crippen molar-refractivity contribution in [2.45, 2.75) is 0 Å². The van der Waals surface area contributed by atoms with Gasteiger partial charge in [0.2, 0.25) is 5.52 Å². The highest BCUT2D eigenvalue weighted by atomic mass is 35.5. The summed E-state index contributed by atoms with van der Waals surface area (Å²) in [6, 6.07) is 1.32. The Labute approximate surface area is 108 Å². The van der Waals surface area contributed by atoms with Crippen LogP contribution in [0.25, 0.3) is 11.0 Å². The lowest BCUT2D eigenvalue weighted by Gasteiger charge is -2.01. The molecule has 88 valence electrons. The van der Waals surface area contributed by atoms with Gasteiger partial charge in [-0.3, -0.25) is 4.79 Å². The van der Waals surface area contributed by atoms with Crippen molar-refractivity contribution in [2.75, 3.05) is 0 Å². The van der Waals surface area contributed by atoms with Crippen LogP contribution in [0.1, 0.15) is 0 Å². The summed E-state index contributed by atoms with van der Waals surface area (Å²) in [6.45, 7) is 0. The molecule has 0 aliphatic carbocycles. The number of H-pyrrole nitrogens is 1. The van der Waals surface area contributed by atoms with Crippen LogP contribution < -0.4 is 5.56 Å². The highest BCUT2D eigenvalue weighted by molar-refractivity contribution is 6.50. The number of nitro groups is 1. The molecule has 0 atom stereocenters. The lowest BCUT2D eigenvalue weighted by Crippen LogP contribution is -2.13.